The summed E-state index contributed by atoms with van der Waals surface area (Å²) < 4.78 is 25.9. The van der Waals surface area contributed by atoms with E-state index in [4.69, 9.17) is 0 Å². The van der Waals surface area contributed by atoms with Gasteiger partial charge in [-0.15, -0.1) is 0 Å². The van der Waals surface area contributed by atoms with Gasteiger partial charge in [0.1, 0.15) is 0 Å². The van der Waals surface area contributed by atoms with Crippen molar-refractivity contribution in [3.05, 3.63) is 52.9 Å². The molecule has 1 amide bonds. The number of H-pyrrole nitrogens is 1. The molecule has 0 atom stereocenters. The number of hydrogen-bond donors (Lipinski definition) is 1. The van der Waals surface area contributed by atoms with Crippen LogP contribution in [0.4, 0.5) is 8.78 Å². The molecule has 0 saturated carbocycles. The van der Waals surface area contributed by atoms with Crippen LogP contribution in [-0.4, -0.2) is 28.1 Å². The average molecular weight is 265 g/mol. The Labute approximate surface area is 109 Å². The van der Waals surface area contributed by atoms with Crippen molar-refractivity contribution < 1.29 is 13.6 Å². The zero-order valence-electron chi connectivity index (χ0n) is 10.6. The van der Waals surface area contributed by atoms with E-state index in [1.165, 1.54) is 17.2 Å². The first-order chi connectivity index (χ1) is 8.99. The van der Waals surface area contributed by atoms with Crippen LogP contribution in [0.25, 0.3) is 0 Å². The summed E-state index contributed by atoms with van der Waals surface area (Å²) in [5.74, 6) is -2.04. The Morgan fingerprint density at radius 1 is 1.37 bits per heavy atom. The zero-order chi connectivity index (χ0) is 14.0. The van der Waals surface area contributed by atoms with E-state index in [1.807, 2.05) is 0 Å². The molecule has 2 rings (SSSR count). The van der Waals surface area contributed by atoms with Gasteiger partial charge in [0.15, 0.2) is 11.6 Å². The quantitative estimate of drug-likeness (QED) is 0.925. The normalized spacial score (nSPS) is 10.5. The number of carbonyl (C=O) groups is 1. The summed E-state index contributed by atoms with van der Waals surface area (Å²) in [7, 11) is 1.59. The minimum atomic E-state index is -0.919. The molecule has 0 aliphatic heterocycles. The summed E-state index contributed by atoms with van der Waals surface area (Å²) in [6, 6.07) is 3.58. The van der Waals surface area contributed by atoms with Gasteiger partial charge < -0.3 is 4.90 Å². The van der Waals surface area contributed by atoms with Crippen molar-refractivity contribution in [3.63, 3.8) is 0 Å². The second kappa shape index (κ2) is 5.17. The SMILES string of the molecule is Cc1[nH]ncc1C(=O)N(C)Cc1ccc(F)c(F)c1. The van der Waals surface area contributed by atoms with Crippen molar-refractivity contribution in [3.8, 4) is 0 Å². The summed E-state index contributed by atoms with van der Waals surface area (Å²) in [5, 5.41) is 6.45. The van der Waals surface area contributed by atoms with Crippen LogP contribution in [0.15, 0.2) is 24.4 Å². The third kappa shape index (κ3) is 2.78. The molecule has 0 aliphatic rings. The van der Waals surface area contributed by atoms with E-state index in [2.05, 4.69) is 10.2 Å². The number of halogens is 2. The minimum Gasteiger partial charge on any atom is -0.337 e. The molecule has 4 nitrogen and oxygen atoms in total. The first-order valence-corrected chi connectivity index (χ1v) is 5.68. The van der Waals surface area contributed by atoms with Crippen LogP contribution in [-0.2, 0) is 6.54 Å². The molecule has 1 heterocycles. The first kappa shape index (κ1) is 13.2. The van der Waals surface area contributed by atoms with E-state index in [0.29, 0.717) is 16.8 Å². The Morgan fingerprint density at radius 3 is 2.68 bits per heavy atom. The summed E-state index contributed by atoms with van der Waals surface area (Å²) in [5.41, 5.74) is 1.66. The van der Waals surface area contributed by atoms with Gasteiger partial charge in [-0.2, -0.15) is 5.10 Å². The van der Waals surface area contributed by atoms with Gasteiger partial charge in [-0.05, 0) is 24.6 Å². The number of aromatic nitrogens is 2. The van der Waals surface area contributed by atoms with Crippen LogP contribution in [0.2, 0.25) is 0 Å². The number of amides is 1. The largest absolute Gasteiger partial charge is 0.337 e. The topological polar surface area (TPSA) is 49.0 Å². The molecule has 19 heavy (non-hydrogen) atoms. The van der Waals surface area contributed by atoms with Gasteiger partial charge in [-0.3, -0.25) is 9.89 Å². The zero-order valence-corrected chi connectivity index (χ0v) is 10.6. The lowest BCUT2D eigenvalue weighted by atomic mass is 10.2. The molecule has 0 bridgehead atoms. The Balaban J connectivity index is 2.13. The van der Waals surface area contributed by atoms with Crippen LogP contribution in [0.5, 0.6) is 0 Å². The third-order valence-corrected chi connectivity index (χ3v) is 2.81. The molecule has 0 saturated heterocycles. The molecule has 1 N–H and O–H groups in total. The first-order valence-electron chi connectivity index (χ1n) is 5.68. The summed E-state index contributed by atoms with van der Waals surface area (Å²) in [6.45, 7) is 1.94. The van der Waals surface area contributed by atoms with Gasteiger partial charge >= 0.3 is 0 Å². The number of aromatic amines is 1. The molecular formula is C13H13F2N3O. The summed E-state index contributed by atoms with van der Waals surface area (Å²) in [4.78, 5) is 13.5. The smallest absolute Gasteiger partial charge is 0.257 e. The van der Waals surface area contributed by atoms with Gasteiger partial charge in [0, 0.05) is 19.3 Å². The summed E-state index contributed by atoms with van der Waals surface area (Å²) in [6.07, 6.45) is 1.44. The molecule has 0 radical (unpaired) electrons. The van der Waals surface area contributed by atoms with E-state index in [-0.39, 0.29) is 12.5 Å². The molecule has 0 spiro atoms. The molecule has 0 aliphatic carbocycles. The van der Waals surface area contributed by atoms with Gasteiger partial charge in [-0.25, -0.2) is 8.78 Å². The molecule has 1 aromatic heterocycles. The number of carbonyl (C=O) groups excluding carboxylic acids is 1. The predicted molar refractivity (Wildman–Crippen MR) is 65.5 cm³/mol. The second-order valence-electron chi connectivity index (χ2n) is 4.32. The van der Waals surface area contributed by atoms with Crippen LogP contribution in [0.3, 0.4) is 0 Å². The highest BCUT2D eigenvalue weighted by atomic mass is 19.2. The standard InChI is InChI=1S/C13H13F2N3O/c1-8-10(6-16-17-8)13(19)18(2)7-9-3-4-11(14)12(15)5-9/h3-6H,7H2,1-2H3,(H,16,17). The van der Waals surface area contributed by atoms with Crippen molar-refractivity contribution in [2.24, 2.45) is 0 Å². The number of rotatable bonds is 3. The van der Waals surface area contributed by atoms with E-state index < -0.39 is 11.6 Å². The molecule has 6 heteroatoms. The minimum absolute atomic E-state index is 0.195. The predicted octanol–water partition coefficient (Wildman–Crippen LogP) is 2.27. The fourth-order valence-electron chi connectivity index (χ4n) is 1.76. The fourth-order valence-corrected chi connectivity index (χ4v) is 1.76. The van der Waals surface area contributed by atoms with Gasteiger partial charge in [0.25, 0.3) is 5.91 Å². The Kier molecular flexibility index (Phi) is 3.59. The maximum Gasteiger partial charge on any atom is 0.257 e. The number of hydrogen-bond acceptors (Lipinski definition) is 2. The molecular weight excluding hydrogens is 252 g/mol. The van der Waals surface area contributed by atoms with E-state index in [0.717, 1.165) is 12.1 Å². The highest BCUT2D eigenvalue weighted by Crippen LogP contribution is 2.13. The van der Waals surface area contributed by atoms with Crippen LogP contribution >= 0.6 is 0 Å². The molecule has 0 fully saturated rings. The lowest BCUT2D eigenvalue weighted by Crippen LogP contribution is -2.26. The van der Waals surface area contributed by atoms with Gasteiger partial charge in [-0.1, -0.05) is 6.07 Å². The molecule has 0 unspecified atom stereocenters. The Bertz CT molecular complexity index is 610. The van der Waals surface area contributed by atoms with E-state index in [9.17, 15) is 13.6 Å². The molecule has 1 aromatic carbocycles. The summed E-state index contributed by atoms with van der Waals surface area (Å²) >= 11 is 0. The maximum atomic E-state index is 13.1. The van der Waals surface area contributed by atoms with E-state index in [1.54, 1.807) is 14.0 Å². The molecule has 100 valence electrons. The number of nitrogens with one attached hydrogen (secondary N) is 1. The lowest BCUT2D eigenvalue weighted by molar-refractivity contribution is 0.0784. The highest BCUT2D eigenvalue weighted by molar-refractivity contribution is 5.94. The van der Waals surface area contributed by atoms with Crippen molar-refractivity contribution in [1.29, 1.82) is 0 Å². The second-order valence-corrected chi connectivity index (χ2v) is 4.32. The maximum absolute atomic E-state index is 13.1. The van der Waals surface area contributed by atoms with Crippen LogP contribution in [0.1, 0.15) is 21.6 Å². The van der Waals surface area contributed by atoms with Crippen molar-refractivity contribution in [1.82, 2.24) is 15.1 Å². The third-order valence-electron chi connectivity index (χ3n) is 2.81. The Hall–Kier alpha value is -2.24. The van der Waals surface area contributed by atoms with Crippen molar-refractivity contribution in [2.45, 2.75) is 13.5 Å². The number of aryl methyl sites for hydroxylation is 1. The van der Waals surface area contributed by atoms with Gasteiger partial charge in [0.05, 0.1) is 11.8 Å². The van der Waals surface area contributed by atoms with Crippen molar-refractivity contribution in [2.75, 3.05) is 7.05 Å². The average Bonchev–Trinajstić information content (AvgIpc) is 2.79. The number of nitrogens with zero attached hydrogens (tertiary/aromatic N) is 2. The van der Waals surface area contributed by atoms with E-state index >= 15 is 0 Å². The lowest BCUT2D eigenvalue weighted by Gasteiger charge is -2.17. The number of benzene rings is 1. The molecule has 2 aromatic rings. The Morgan fingerprint density at radius 2 is 2.11 bits per heavy atom. The van der Waals surface area contributed by atoms with Crippen LogP contribution in [0, 0.1) is 18.6 Å². The fraction of sp³-hybridized carbons (Fsp3) is 0.231. The monoisotopic (exact) mass is 265 g/mol. The van der Waals surface area contributed by atoms with Crippen LogP contribution < -0.4 is 0 Å². The van der Waals surface area contributed by atoms with Crippen molar-refractivity contribution >= 4 is 5.91 Å². The van der Waals surface area contributed by atoms with Gasteiger partial charge in [0.2, 0.25) is 0 Å². The highest BCUT2D eigenvalue weighted by Gasteiger charge is 2.16.